The van der Waals surface area contributed by atoms with Crippen molar-refractivity contribution in [2.24, 2.45) is 0 Å². The van der Waals surface area contributed by atoms with E-state index in [1.54, 1.807) is 0 Å². The first-order chi connectivity index (χ1) is 11.3. The monoisotopic (exact) mass is 311 g/mol. The third-order valence-electron chi connectivity index (χ3n) is 4.20. The molecule has 1 atom stereocenters. The van der Waals surface area contributed by atoms with Crippen LogP contribution in [-0.2, 0) is 17.9 Å². The maximum absolute atomic E-state index is 6.01. The van der Waals surface area contributed by atoms with Crippen molar-refractivity contribution in [1.29, 1.82) is 0 Å². The molecule has 0 saturated carbocycles. The van der Waals surface area contributed by atoms with Gasteiger partial charge < -0.3 is 14.8 Å². The Labute approximate surface area is 138 Å². The summed E-state index contributed by atoms with van der Waals surface area (Å²) in [7, 11) is 0. The van der Waals surface area contributed by atoms with Crippen LogP contribution in [0.5, 0.6) is 5.75 Å². The molecule has 0 aliphatic carbocycles. The Morgan fingerprint density at radius 2 is 1.96 bits per heavy atom. The normalized spacial score (nSPS) is 17.3. The van der Waals surface area contributed by atoms with Crippen molar-refractivity contribution in [3.8, 4) is 5.75 Å². The van der Waals surface area contributed by atoms with Gasteiger partial charge in [0.2, 0.25) is 0 Å². The molecular weight excluding hydrogens is 286 g/mol. The third kappa shape index (κ3) is 4.81. The summed E-state index contributed by atoms with van der Waals surface area (Å²) in [6.45, 7) is 5.32. The number of aryl methyl sites for hydroxylation is 1. The van der Waals surface area contributed by atoms with Crippen LogP contribution in [0.25, 0.3) is 0 Å². The molecule has 0 radical (unpaired) electrons. The van der Waals surface area contributed by atoms with Crippen molar-refractivity contribution in [2.45, 2.75) is 39.0 Å². The van der Waals surface area contributed by atoms with Gasteiger partial charge in [-0.1, -0.05) is 48.0 Å². The lowest BCUT2D eigenvalue weighted by Gasteiger charge is -2.14. The lowest BCUT2D eigenvalue weighted by atomic mass is 10.1. The maximum atomic E-state index is 6.01. The molecule has 0 bridgehead atoms. The first-order valence-electron chi connectivity index (χ1n) is 8.40. The molecular formula is C20H25NO2. The molecule has 2 aromatic carbocycles. The predicted molar refractivity (Wildman–Crippen MR) is 92.6 cm³/mol. The summed E-state index contributed by atoms with van der Waals surface area (Å²) in [6.07, 6.45) is 2.72. The van der Waals surface area contributed by atoms with E-state index in [2.05, 4.69) is 48.6 Å². The van der Waals surface area contributed by atoms with E-state index in [0.717, 1.165) is 25.4 Å². The molecule has 3 rings (SSSR count). The Morgan fingerprint density at radius 1 is 1.13 bits per heavy atom. The standard InChI is InChI=1S/C20H25NO2/c1-16-8-10-17(11-9-16)15-23-20-7-3-2-5-18(20)13-21-14-19-6-4-12-22-19/h2-3,5,7-11,19,21H,4,6,12-15H2,1H3/t19-/m1/s1. The summed E-state index contributed by atoms with van der Waals surface area (Å²) in [5, 5.41) is 3.48. The summed E-state index contributed by atoms with van der Waals surface area (Å²) in [4.78, 5) is 0. The minimum absolute atomic E-state index is 0.371. The molecule has 1 fully saturated rings. The largest absolute Gasteiger partial charge is 0.489 e. The molecule has 1 aliphatic heterocycles. The van der Waals surface area contributed by atoms with Gasteiger partial charge in [0.1, 0.15) is 12.4 Å². The van der Waals surface area contributed by atoms with E-state index >= 15 is 0 Å². The lowest BCUT2D eigenvalue weighted by molar-refractivity contribution is 0.110. The topological polar surface area (TPSA) is 30.5 Å². The van der Waals surface area contributed by atoms with Crippen LogP contribution >= 0.6 is 0 Å². The first kappa shape index (κ1) is 16.0. The minimum Gasteiger partial charge on any atom is -0.489 e. The van der Waals surface area contributed by atoms with Crippen molar-refractivity contribution in [3.63, 3.8) is 0 Å². The Morgan fingerprint density at radius 3 is 2.74 bits per heavy atom. The number of rotatable bonds is 7. The fourth-order valence-corrected chi connectivity index (χ4v) is 2.81. The summed E-state index contributed by atoms with van der Waals surface area (Å²) in [5.41, 5.74) is 3.66. The zero-order valence-corrected chi connectivity index (χ0v) is 13.8. The molecule has 1 N–H and O–H groups in total. The van der Waals surface area contributed by atoms with Gasteiger partial charge in [-0.05, 0) is 31.4 Å². The van der Waals surface area contributed by atoms with Gasteiger partial charge in [0.15, 0.2) is 0 Å². The predicted octanol–water partition coefficient (Wildman–Crippen LogP) is 3.84. The molecule has 122 valence electrons. The summed E-state index contributed by atoms with van der Waals surface area (Å²) >= 11 is 0. The third-order valence-corrected chi connectivity index (χ3v) is 4.20. The molecule has 3 nitrogen and oxygen atoms in total. The van der Waals surface area contributed by atoms with Crippen LogP contribution in [0.1, 0.15) is 29.5 Å². The molecule has 2 aromatic rings. The molecule has 0 spiro atoms. The van der Waals surface area contributed by atoms with Gasteiger partial charge in [-0.25, -0.2) is 0 Å². The molecule has 23 heavy (non-hydrogen) atoms. The first-order valence-corrected chi connectivity index (χ1v) is 8.40. The maximum Gasteiger partial charge on any atom is 0.124 e. The van der Waals surface area contributed by atoms with Gasteiger partial charge in [0.25, 0.3) is 0 Å². The highest BCUT2D eigenvalue weighted by Gasteiger charge is 2.14. The SMILES string of the molecule is Cc1ccc(COc2ccccc2CNC[C@H]2CCCO2)cc1. The van der Waals surface area contributed by atoms with Crippen molar-refractivity contribution >= 4 is 0 Å². The van der Waals surface area contributed by atoms with Crippen LogP contribution in [0, 0.1) is 6.92 Å². The van der Waals surface area contributed by atoms with Gasteiger partial charge in [0.05, 0.1) is 6.10 Å². The average molecular weight is 311 g/mol. The van der Waals surface area contributed by atoms with Crippen molar-refractivity contribution in [3.05, 3.63) is 65.2 Å². The number of hydrogen-bond acceptors (Lipinski definition) is 3. The van der Waals surface area contributed by atoms with Gasteiger partial charge in [-0.3, -0.25) is 0 Å². The molecule has 0 unspecified atom stereocenters. The number of benzene rings is 2. The lowest BCUT2D eigenvalue weighted by Crippen LogP contribution is -2.25. The van der Waals surface area contributed by atoms with Crippen LogP contribution < -0.4 is 10.1 Å². The van der Waals surface area contributed by atoms with E-state index < -0.39 is 0 Å². The second-order valence-electron chi connectivity index (χ2n) is 6.15. The quantitative estimate of drug-likeness (QED) is 0.842. The highest BCUT2D eigenvalue weighted by molar-refractivity contribution is 5.33. The van der Waals surface area contributed by atoms with E-state index in [1.165, 1.54) is 29.5 Å². The molecule has 0 aromatic heterocycles. The second-order valence-corrected chi connectivity index (χ2v) is 6.15. The fourth-order valence-electron chi connectivity index (χ4n) is 2.81. The van der Waals surface area contributed by atoms with E-state index in [9.17, 15) is 0 Å². The van der Waals surface area contributed by atoms with Gasteiger partial charge in [-0.2, -0.15) is 0 Å². The van der Waals surface area contributed by atoms with Crippen LogP contribution in [0.4, 0.5) is 0 Å². The van der Waals surface area contributed by atoms with Crippen LogP contribution in [0.15, 0.2) is 48.5 Å². The number of ether oxygens (including phenoxy) is 2. The number of para-hydroxylation sites is 1. The zero-order valence-electron chi connectivity index (χ0n) is 13.8. The van der Waals surface area contributed by atoms with Gasteiger partial charge in [0, 0.05) is 25.3 Å². The molecule has 0 amide bonds. The van der Waals surface area contributed by atoms with Crippen molar-refractivity contribution < 1.29 is 9.47 Å². The smallest absolute Gasteiger partial charge is 0.124 e. The molecule has 1 heterocycles. The average Bonchev–Trinajstić information content (AvgIpc) is 3.09. The van der Waals surface area contributed by atoms with Crippen LogP contribution in [0.2, 0.25) is 0 Å². The van der Waals surface area contributed by atoms with E-state index in [-0.39, 0.29) is 0 Å². The highest BCUT2D eigenvalue weighted by Crippen LogP contribution is 2.20. The second kappa shape index (κ2) is 8.14. The van der Waals surface area contributed by atoms with Crippen LogP contribution in [0.3, 0.4) is 0 Å². The van der Waals surface area contributed by atoms with Gasteiger partial charge >= 0.3 is 0 Å². The molecule has 1 saturated heterocycles. The Hall–Kier alpha value is -1.84. The fraction of sp³-hybridized carbons (Fsp3) is 0.400. The molecule has 1 aliphatic rings. The van der Waals surface area contributed by atoms with Crippen molar-refractivity contribution in [2.75, 3.05) is 13.2 Å². The minimum atomic E-state index is 0.371. The number of hydrogen-bond donors (Lipinski definition) is 1. The van der Waals surface area contributed by atoms with E-state index in [1.807, 2.05) is 12.1 Å². The highest BCUT2D eigenvalue weighted by atomic mass is 16.5. The van der Waals surface area contributed by atoms with Crippen molar-refractivity contribution in [1.82, 2.24) is 5.32 Å². The molecule has 3 heteroatoms. The Balaban J connectivity index is 1.53. The Kier molecular flexibility index (Phi) is 5.67. The Bertz CT molecular complexity index is 603. The van der Waals surface area contributed by atoms with E-state index in [0.29, 0.717) is 12.7 Å². The summed E-state index contributed by atoms with van der Waals surface area (Å²) in [6, 6.07) is 16.7. The summed E-state index contributed by atoms with van der Waals surface area (Å²) in [5.74, 6) is 0.952. The van der Waals surface area contributed by atoms with Crippen LogP contribution in [-0.4, -0.2) is 19.3 Å². The van der Waals surface area contributed by atoms with Gasteiger partial charge in [-0.15, -0.1) is 0 Å². The van der Waals surface area contributed by atoms with E-state index in [4.69, 9.17) is 9.47 Å². The number of nitrogens with one attached hydrogen (secondary N) is 1. The zero-order chi connectivity index (χ0) is 15.9. The summed E-state index contributed by atoms with van der Waals surface area (Å²) < 4.78 is 11.7.